The molecule has 2 aromatic rings. The molecule has 1 aromatic heterocycles. The Labute approximate surface area is 401 Å². The molecule has 3 fully saturated rings. The Morgan fingerprint density at radius 2 is 1.59 bits per heavy atom. The van der Waals surface area contributed by atoms with E-state index >= 15 is 0 Å². The molecule has 384 valence electrons. The Kier molecular flexibility index (Phi) is 18.5. The van der Waals surface area contributed by atoms with Gasteiger partial charge in [0.15, 0.2) is 6.29 Å². The molecule has 68 heavy (non-hydrogen) atoms. The number of aliphatic hydroxyl groups is 4. The lowest BCUT2D eigenvalue weighted by molar-refractivity contribution is -0.384. The lowest BCUT2D eigenvalue weighted by atomic mass is 9.67. The van der Waals surface area contributed by atoms with E-state index in [0.717, 1.165) is 11.3 Å². The SMILES string of the molecule is CC[C@H]1OC(=O)[C@H](C)[C@@H](C2C[C@@](C)(OC)[C@@H](O)[C@H](C)O2)[C@H](C)[C@@H](O[C@@H]2O[C@H](C)C[C@H](N(C)CCCc3cn(Cc4ccc([N+](=O)[O-])cc4)nn3)[C@H]2O)[C@](C)(OC)C[C@@H](C)C(=O)[C@H](C)[C@@H](O)[C@]1(C)O. The van der Waals surface area contributed by atoms with E-state index in [-0.39, 0.29) is 36.8 Å². The average molecular weight is 962 g/mol. The Morgan fingerprint density at radius 1 is 0.941 bits per heavy atom. The molecule has 0 saturated carbocycles. The van der Waals surface area contributed by atoms with Crippen molar-refractivity contribution in [2.75, 3.05) is 27.8 Å². The lowest BCUT2D eigenvalue weighted by Gasteiger charge is -2.52. The standard InChI is InChI=1S/C49H79N5O14/c1-14-38-49(10,60)42(57)31(6)40(55)27(2)23-48(9,64-13)44(29(4)39(30(5)45(59)67-38)37-24-47(8,63-12)43(58)32(7)66-37)68-46-41(56)36(22-28(3)65-46)52(11)21-15-16-34-26-53(51-50-34)25-33-17-19-35(20-18-33)54(61)62/h17-20,26-32,36-39,41-44,46,56-58,60H,14-16,21-25H2,1-13H3/t27-,28-,29+,30-,31+,32+,36+,37?,38-,39+,41-,42-,43+,44-,46+,47-,48-,49-/m1/s1. The van der Waals surface area contributed by atoms with Gasteiger partial charge in [-0.1, -0.05) is 52.0 Å². The first-order chi connectivity index (χ1) is 31.8. The number of aryl methyl sites for hydroxylation is 1. The fourth-order valence-corrected chi connectivity index (χ4v) is 11.2. The average Bonchev–Trinajstić information content (AvgIpc) is 3.75. The number of carbonyl (C=O) groups excluding carboxylic acids is 2. The second-order valence-corrected chi connectivity index (χ2v) is 20.7. The van der Waals surface area contributed by atoms with Crippen LogP contribution in [-0.2, 0) is 51.0 Å². The van der Waals surface area contributed by atoms with Gasteiger partial charge in [-0.05, 0) is 91.8 Å². The number of ketones is 1. The maximum absolute atomic E-state index is 14.6. The monoisotopic (exact) mass is 962 g/mol. The van der Waals surface area contributed by atoms with Gasteiger partial charge in [0.05, 0.1) is 64.8 Å². The number of nitro groups is 1. The maximum Gasteiger partial charge on any atom is 0.309 e. The summed E-state index contributed by atoms with van der Waals surface area (Å²) in [6, 6.07) is 5.90. The summed E-state index contributed by atoms with van der Waals surface area (Å²) < 4.78 is 40.3. The van der Waals surface area contributed by atoms with Gasteiger partial charge in [-0.3, -0.25) is 19.7 Å². The molecule has 3 aliphatic heterocycles. The van der Waals surface area contributed by atoms with Crippen LogP contribution in [0.25, 0.3) is 0 Å². The Bertz CT molecular complexity index is 1990. The number of hydrogen-bond donors (Lipinski definition) is 4. The molecular weight excluding hydrogens is 883 g/mol. The first-order valence-corrected chi connectivity index (χ1v) is 24.2. The minimum Gasteiger partial charge on any atom is -0.459 e. The van der Waals surface area contributed by atoms with Crippen molar-refractivity contribution in [3.05, 3.63) is 51.8 Å². The lowest BCUT2D eigenvalue weighted by Crippen LogP contribution is -2.62. The molecule has 3 saturated heterocycles. The minimum absolute atomic E-state index is 0.0180. The van der Waals surface area contributed by atoms with Crippen molar-refractivity contribution in [1.29, 1.82) is 0 Å². The summed E-state index contributed by atoms with van der Waals surface area (Å²) in [6.45, 7) is 18.3. The highest BCUT2D eigenvalue weighted by atomic mass is 16.7. The summed E-state index contributed by atoms with van der Waals surface area (Å²) in [5.74, 6) is -5.08. The Hall–Kier alpha value is -3.50. The highest BCUT2D eigenvalue weighted by Gasteiger charge is 2.56. The number of aromatic nitrogens is 3. The molecule has 0 radical (unpaired) electrons. The van der Waals surface area contributed by atoms with E-state index in [4.69, 9.17) is 28.4 Å². The molecular formula is C49H79N5O14. The summed E-state index contributed by atoms with van der Waals surface area (Å²) in [5.41, 5.74) is -2.69. The molecule has 4 N–H and O–H groups in total. The minimum atomic E-state index is -1.98. The molecule has 1 aromatic carbocycles. The van der Waals surface area contributed by atoms with Crippen molar-refractivity contribution >= 4 is 17.4 Å². The van der Waals surface area contributed by atoms with E-state index in [0.29, 0.717) is 32.4 Å². The maximum atomic E-state index is 14.6. The number of carbonyl (C=O) groups is 2. The van der Waals surface area contributed by atoms with Crippen molar-refractivity contribution in [3.63, 3.8) is 0 Å². The number of benzene rings is 1. The van der Waals surface area contributed by atoms with Crippen molar-refractivity contribution in [2.45, 2.75) is 192 Å². The van der Waals surface area contributed by atoms with Gasteiger partial charge in [0.2, 0.25) is 0 Å². The van der Waals surface area contributed by atoms with E-state index in [9.17, 15) is 40.1 Å². The van der Waals surface area contributed by atoms with E-state index in [1.165, 1.54) is 33.3 Å². The summed E-state index contributed by atoms with van der Waals surface area (Å²) in [6.07, 6.45) is -4.76. The van der Waals surface area contributed by atoms with Crippen LogP contribution < -0.4 is 0 Å². The summed E-state index contributed by atoms with van der Waals surface area (Å²) in [5, 5.41) is 66.6. The van der Waals surface area contributed by atoms with Crippen LogP contribution in [0.4, 0.5) is 5.69 Å². The number of cyclic esters (lactones) is 1. The van der Waals surface area contributed by atoms with Gasteiger partial charge in [-0.2, -0.15) is 0 Å². The number of rotatable bonds is 14. The molecule has 1 unspecified atom stereocenters. The predicted molar refractivity (Wildman–Crippen MR) is 249 cm³/mol. The molecule has 19 heteroatoms. The molecule has 19 nitrogen and oxygen atoms in total. The van der Waals surface area contributed by atoms with Crippen LogP contribution >= 0.6 is 0 Å². The molecule has 3 aliphatic rings. The Morgan fingerprint density at radius 3 is 2.19 bits per heavy atom. The number of likely N-dealkylation sites (N-methyl/N-ethyl adjacent to an activating group) is 1. The normalized spacial score (nSPS) is 40.2. The molecule has 5 rings (SSSR count). The number of ether oxygens (including phenoxy) is 6. The van der Waals surface area contributed by atoms with E-state index in [2.05, 4.69) is 15.2 Å². The van der Waals surface area contributed by atoms with Gasteiger partial charge >= 0.3 is 5.97 Å². The van der Waals surface area contributed by atoms with Crippen LogP contribution in [0.3, 0.4) is 0 Å². The third-order valence-corrected chi connectivity index (χ3v) is 15.5. The number of aliphatic hydroxyl groups excluding tert-OH is 3. The molecule has 0 amide bonds. The second-order valence-electron chi connectivity index (χ2n) is 20.7. The highest BCUT2D eigenvalue weighted by Crippen LogP contribution is 2.46. The quantitative estimate of drug-likeness (QED) is 0.117. The number of nitrogens with zero attached hydrogens (tertiary/aromatic N) is 5. The van der Waals surface area contributed by atoms with Gasteiger partial charge < -0.3 is 53.7 Å². The van der Waals surface area contributed by atoms with Crippen LogP contribution in [0.2, 0.25) is 0 Å². The number of non-ortho nitro benzene ring substituents is 1. The molecule has 4 heterocycles. The fourth-order valence-electron chi connectivity index (χ4n) is 11.2. The van der Waals surface area contributed by atoms with Gasteiger partial charge in [-0.15, -0.1) is 5.10 Å². The Balaban J connectivity index is 1.45. The zero-order valence-corrected chi connectivity index (χ0v) is 42.3. The van der Waals surface area contributed by atoms with E-state index < -0.39 is 112 Å². The number of nitro benzene ring substituents is 1. The fraction of sp³-hybridized carbons (Fsp3) is 0.796. The molecule has 0 spiro atoms. The van der Waals surface area contributed by atoms with Crippen LogP contribution in [0.15, 0.2) is 30.5 Å². The topological polar surface area (TPSA) is 248 Å². The van der Waals surface area contributed by atoms with Crippen molar-refractivity contribution in [1.82, 2.24) is 19.9 Å². The zero-order valence-electron chi connectivity index (χ0n) is 42.3. The molecule has 18 atom stereocenters. The second kappa shape index (κ2) is 22.7. The van der Waals surface area contributed by atoms with Gasteiger partial charge in [-0.25, -0.2) is 4.68 Å². The summed E-state index contributed by atoms with van der Waals surface area (Å²) in [4.78, 5) is 41.5. The molecule has 0 bridgehead atoms. The van der Waals surface area contributed by atoms with Crippen LogP contribution in [0.1, 0.15) is 113 Å². The van der Waals surface area contributed by atoms with E-state index in [1.807, 2.05) is 34.0 Å². The van der Waals surface area contributed by atoms with E-state index in [1.54, 1.807) is 58.4 Å². The van der Waals surface area contributed by atoms with Crippen molar-refractivity contribution in [2.24, 2.45) is 29.6 Å². The largest absolute Gasteiger partial charge is 0.459 e. The summed E-state index contributed by atoms with van der Waals surface area (Å²) in [7, 11) is 4.98. The van der Waals surface area contributed by atoms with Crippen molar-refractivity contribution < 1.29 is 63.4 Å². The first kappa shape index (κ1) is 55.4. The number of esters is 1. The third kappa shape index (κ3) is 12.1. The summed E-state index contributed by atoms with van der Waals surface area (Å²) >= 11 is 0. The number of methoxy groups -OCH3 is 2. The van der Waals surface area contributed by atoms with Crippen LogP contribution in [0, 0.1) is 39.7 Å². The third-order valence-electron chi connectivity index (χ3n) is 15.5. The highest BCUT2D eigenvalue weighted by molar-refractivity contribution is 5.83. The predicted octanol–water partition coefficient (Wildman–Crippen LogP) is 4.26. The van der Waals surface area contributed by atoms with Gasteiger partial charge in [0.25, 0.3) is 5.69 Å². The van der Waals surface area contributed by atoms with Gasteiger partial charge in [0.1, 0.15) is 29.7 Å². The van der Waals surface area contributed by atoms with Crippen molar-refractivity contribution in [3.8, 4) is 0 Å². The van der Waals surface area contributed by atoms with Crippen LogP contribution in [0.5, 0.6) is 0 Å². The first-order valence-electron chi connectivity index (χ1n) is 24.2. The smallest absolute Gasteiger partial charge is 0.309 e. The zero-order chi connectivity index (χ0) is 50.6. The van der Waals surface area contributed by atoms with Gasteiger partial charge in [0, 0.05) is 62.8 Å². The molecule has 0 aliphatic carbocycles. The van der Waals surface area contributed by atoms with Crippen LogP contribution in [-0.4, -0.2) is 163 Å². The number of Topliss-reactive ketones (excluding diaryl/α,β-unsaturated/α-hetero) is 1. The number of hydrogen-bond acceptors (Lipinski definition) is 17.